The molecule has 118 valence electrons. The average molecular weight is 293 g/mol. The van der Waals surface area contributed by atoms with Crippen molar-refractivity contribution in [3.8, 4) is 5.75 Å². The van der Waals surface area contributed by atoms with Gasteiger partial charge in [-0.25, -0.2) is 0 Å². The molecule has 0 radical (unpaired) electrons. The molecule has 0 bridgehead atoms. The van der Waals surface area contributed by atoms with Crippen LogP contribution in [0.1, 0.15) is 46.7 Å². The number of pyridine rings is 1. The standard InChI is InChI=1S/C16H27N3O2/c1-6-9-17-15(20)12(2)21-14-8-7-13(18-11-14)10-19-16(3,4)5/h7-8,11-12,19H,6,9-10H2,1-5H3,(H,17,20). The summed E-state index contributed by atoms with van der Waals surface area (Å²) in [5.41, 5.74) is 1.00. The summed E-state index contributed by atoms with van der Waals surface area (Å²) in [6.07, 6.45) is 2.05. The van der Waals surface area contributed by atoms with E-state index in [4.69, 9.17) is 4.74 Å². The van der Waals surface area contributed by atoms with Gasteiger partial charge in [0, 0.05) is 18.6 Å². The van der Waals surface area contributed by atoms with Gasteiger partial charge in [-0.3, -0.25) is 9.78 Å². The number of nitrogens with one attached hydrogen (secondary N) is 2. The van der Waals surface area contributed by atoms with Crippen LogP contribution in [0.15, 0.2) is 18.3 Å². The van der Waals surface area contributed by atoms with E-state index in [1.54, 1.807) is 13.1 Å². The number of ether oxygens (including phenoxy) is 1. The summed E-state index contributed by atoms with van der Waals surface area (Å²) in [4.78, 5) is 16.1. The predicted octanol–water partition coefficient (Wildman–Crippen LogP) is 2.26. The number of carbonyl (C=O) groups is 1. The highest BCUT2D eigenvalue weighted by Gasteiger charge is 2.14. The average Bonchev–Trinajstić information content (AvgIpc) is 2.43. The maximum atomic E-state index is 11.7. The molecule has 1 rings (SSSR count). The van der Waals surface area contributed by atoms with Crippen LogP contribution < -0.4 is 15.4 Å². The number of carbonyl (C=O) groups excluding carboxylic acids is 1. The maximum absolute atomic E-state index is 11.7. The summed E-state index contributed by atoms with van der Waals surface area (Å²) >= 11 is 0. The smallest absolute Gasteiger partial charge is 0.260 e. The van der Waals surface area contributed by atoms with Crippen LogP contribution in [0, 0.1) is 0 Å². The van der Waals surface area contributed by atoms with E-state index in [1.807, 2.05) is 19.1 Å². The van der Waals surface area contributed by atoms with Crippen molar-refractivity contribution in [2.75, 3.05) is 6.54 Å². The first-order chi connectivity index (χ1) is 9.81. The summed E-state index contributed by atoms with van der Waals surface area (Å²) < 4.78 is 5.58. The third-order valence-electron chi connectivity index (χ3n) is 2.83. The first-order valence-corrected chi connectivity index (χ1v) is 7.46. The Morgan fingerprint density at radius 3 is 2.62 bits per heavy atom. The van der Waals surface area contributed by atoms with Gasteiger partial charge in [0.15, 0.2) is 6.10 Å². The van der Waals surface area contributed by atoms with Gasteiger partial charge in [-0.15, -0.1) is 0 Å². The second kappa shape index (κ2) is 7.98. The van der Waals surface area contributed by atoms with E-state index < -0.39 is 6.10 Å². The normalized spacial score (nSPS) is 12.8. The minimum Gasteiger partial charge on any atom is -0.479 e. The highest BCUT2D eigenvalue weighted by Crippen LogP contribution is 2.12. The fourth-order valence-corrected chi connectivity index (χ4v) is 1.59. The molecule has 0 fully saturated rings. The molecule has 0 saturated carbocycles. The van der Waals surface area contributed by atoms with Gasteiger partial charge in [-0.05, 0) is 46.2 Å². The van der Waals surface area contributed by atoms with Gasteiger partial charge in [-0.2, -0.15) is 0 Å². The molecular weight excluding hydrogens is 266 g/mol. The molecule has 0 aliphatic heterocycles. The SMILES string of the molecule is CCCNC(=O)C(C)Oc1ccc(CNC(C)(C)C)nc1. The summed E-state index contributed by atoms with van der Waals surface area (Å²) in [7, 11) is 0. The molecule has 2 N–H and O–H groups in total. The van der Waals surface area contributed by atoms with Crippen molar-refractivity contribution in [1.29, 1.82) is 0 Å². The van der Waals surface area contributed by atoms with Gasteiger partial charge >= 0.3 is 0 Å². The van der Waals surface area contributed by atoms with E-state index in [2.05, 4.69) is 36.4 Å². The van der Waals surface area contributed by atoms with Crippen molar-refractivity contribution < 1.29 is 9.53 Å². The number of rotatable bonds is 7. The van der Waals surface area contributed by atoms with E-state index in [-0.39, 0.29) is 11.4 Å². The van der Waals surface area contributed by atoms with Gasteiger partial charge < -0.3 is 15.4 Å². The summed E-state index contributed by atoms with van der Waals surface area (Å²) in [6, 6.07) is 3.75. The highest BCUT2D eigenvalue weighted by atomic mass is 16.5. The van der Waals surface area contributed by atoms with Crippen molar-refractivity contribution in [3.05, 3.63) is 24.0 Å². The summed E-state index contributed by atoms with van der Waals surface area (Å²) in [5, 5.41) is 6.18. The van der Waals surface area contributed by atoms with Crippen molar-refractivity contribution >= 4 is 5.91 Å². The number of amides is 1. The van der Waals surface area contributed by atoms with Crippen LogP contribution in [0.3, 0.4) is 0 Å². The second-order valence-corrected chi connectivity index (χ2v) is 6.14. The molecule has 0 spiro atoms. The van der Waals surface area contributed by atoms with E-state index in [9.17, 15) is 4.79 Å². The topological polar surface area (TPSA) is 63.2 Å². The van der Waals surface area contributed by atoms with E-state index in [1.165, 1.54) is 0 Å². The molecule has 1 aromatic rings. The molecule has 1 amide bonds. The van der Waals surface area contributed by atoms with Crippen LogP contribution in [-0.4, -0.2) is 29.1 Å². The molecule has 5 heteroatoms. The van der Waals surface area contributed by atoms with Crippen LogP contribution in [0.4, 0.5) is 0 Å². The Labute approximate surface area is 127 Å². The van der Waals surface area contributed by atoms with Crippen molar-refractivity contribution in [1.82, 2.24) is 15.6 Å². The Morgan fingerprint density at radius 1 is 1.38 bits per heavy atom. The molecule has 1 atom stereocenters. The molecule has 0 aliphatic carbocycles. The fourth-order valence-electron chi connectivity index (χ4n) is 1.59. The van der Waals surface area contributed by atoms with Crippen LogP contribution in [0.2, 0.25) is 0 Å². The van der Waals surface area contributed by atoms with Crippen LogP contribution in [-0.2, 0) is 11.3 Å². The van der Waals surface area contributed by atoms with Crippen LogP contribution in [0.25, 0.3) is 0 Å². The zero-order chi connectivity index (χ0) is 15.9. The lowest BCUT2D eigenvalue weighted by Crippen LogP contribution is -2.36. The third kappa shape index (κ3) is 7.09. The van der Waals surface area contributed by atoms with Crippen LogP contribution in [0.5, 0.6) is 5.75 Å². The fraction of sp³-hybridized carbons (Fsp3) is 0.625. The summed E-state index contributed by atoms with van der Waals surface area (Å²) in [5.74, 6) is 0.504. The molecule has 0 aliphatic rings. The Kier molecular flexibility index (Phi) is 6.62. The molecule has 21 heavy (non-hydrogen) atoms. The first-order valence-electron chi connectivity index (χ1n) is 7.46. The highest BCUT2D eigenvalue weighted by molar-refractivity contribution is 5.80. The molecule has 1 unspecified atom stereocenters. The zero-order valence-electron chi connectivity index (χ0n) is 13.7. The van der Waals surface area contributed by atoms with Gasteiger partial charge in [-0.1, -0.05) is 6.92 Å². The Hall–Kier alpha value is -1.62. The lowest BCUT2D eigenvalue weighted by atomic mass is 10.1. The molecule has 1 heterocycles. The number of nitrogens with zero attached hydrogens (tertiary/aromatic N) is 1. The van der Waals surface area contributed by atoms with Gasteiger partial charge in [0.25, 0.3) is 5.91 Å². The molecule has 0 aromatic carbocycles. The number of aromatic nitrogens is 1. The van der Waals surface area contributed by atoms with Crippen molar-refractivity contribution in [3.63, 3.8) is 0 Å². The van der Waals surface area contributed by atoms with E-state index in [0.29, 0.717) is 18.8 Å². The maximum Gasteiger partial charge on any atom is 0.260 e. The summed E-state index contributed by atoms with van der Waals surface area (Å²) in [6.45, 7) is 11.5. The van der Waals surface area contributed by atoms with Crippen molar-refractivity contribution in [2.45, 2.75) is 59.2 Å². The van der Waals surface area contributed by atoms with E-state index >= 15 is 0 Å². The number of hydrogen-bond acceptors (Lipinski definition) is 4. The second-order valence-electron chi connectivity index (χ2n) is 6.14. The zero-order valence-corrected chi connectivity index (χ0v) is 13.7. The van der Waals surface area contributed by atoms with Gasteiger partial charge in [0.1, 0.15) is 5.75 Å². The lowest BCUT2D eigenvalue weighted by molar-refractivity contribution is -0.127. The Balaban J connectivity index is 2.48. The van der Waals surface area contributed by atoms with E-state index in [0.717, 1.165) is 12.1 Å². The molecule has 5 nitrogen and oxygen atoms in total. The molecule has 1 aromatic heterocycles. The number of hydrogen-bond donors (Lipinski definition) is 2. The Bertz CT molecular complexity index is 438. The quantitative estimate of drug-likeness (QED) is 0.809. The minimum atomic E-state index is -0.517. The minimum absolute atomic E-state index is 0.0583. The lowest BCUT2D eigenvalue weighted by Gasteiger charge is -2.20. The largest absolute Gasteiger partial charge is 0.479 e. The molecular formula is C16H27N3O2. The Morgan fingerprint density at radius 2 is 2.10 bits per heavy atom. The monoisotopic (exact) mass is 293 g/mol. The van der Waals surface area contributed by atoms with Gasteiger partial charge in [0.2, 0.25) is 0 Å². The first kappa shape index (κ1) is 17.4. The molecule has 0 saturated heterocycles. The third-order valence-corrected chi connectivity index (χ3v) is 2.83. The van der Waals surface area contributed by atoms with Crippen LogP contribution >= 0.6 is 0 Å². The van der Waals surface area contributed by atoms with Crippen molar-refractivity contribution in [2.24, 2.45) is 0 Å². The van der Waals surface area contributed by atoms with Gasteiger partial charge in [0.05, 0.1) is 11.9 Å². The predicted molar refractivity (Wildman–Crippen MR) is 84.2 cm³/mol.